The lowest BCUT2D eigenvalue weighted by molar-refractivity contribution is 0.157. The summed E-state index contributed by atoms with van der Waals surface area (Å²) in [4.78, 5) is 0.442. The van der Waals surface area contributed by atoms with Gasteiger partial charge < -0.3 is 4.74 Å². The van der Waals surface area contributed by atoms with Gasteiger partial charge in [0.2, 0.25) is 0 Å². The van der Waals surface area contributed by atoms with Gasteiger partial charge in [-0.2, -0.15) is 0 Å². The molecular weight excluding hydrogens is 296 g/mol. The van der Waals surface area contributed by atoms with Crippen LogP contribution in [0.4, 0.5) is 0 Å². The maximum Gasteiger partial charge on any atom is 0.178 e. The van der Waals surface area contributed by atoms with Crippen molar-refractivity contribution in [3.8, 4) is 0 Å². The van der Waals surface area contributed by atoms with Crippen LogP contribution in [0, 0.1) is 6.92 Å². The fraction of sp³-hybridized carbons (Fsp3) is 0.556. The Labute approximate surface area is 135 Å². The summed E-state index contributed by atoms with van der Waals surface area (Å²) in [6.07, 6.45) is 7.90. The van der Waals surface area contributed by atoms with Crippen molar-refractivity contribution in [2.75, 3.05) is 19.0 Å². The summed E-state index contributed by atoms with van der Waals surface area (Å²) in [5.41, 5.74) is 1.08. The number of unbranched alkanes of at least 4 members (excludes halogenated alkanes) is 5. The molecule has 0 heterocycles. The van der Waals surface area contributed by atoms with Gasteiger partial charge in [0, 0.05) is 6.61 Å². The fourth-order valence-corrected chi connectivity index (χ4v) is 3.60. The van der Waals surface area contributed by atoms with Crippen molar-refractivity contribution in [2.45, 2.75) is 50.3 Å². The van der Waals surface area contributed by atoms with E-state index >= 15 is 0 Å². The zero-order chi connectivity index (χ0) is 16.3. The maximum absolute atomic E-state index is 12.2. The normalized spacial score (nSPS) is 11.5. The number of sulfone groups is 1. The lowest BCUT2D eigenvalue weighted by Gasteiger charge is -2.05. The predicted molar refractivity (Wildman–Crippen MR) is 91.9 cm³/mol. The lowest BCUT2D eigenvalue weighted by Crippen LogP contribution is -2.06. The van der Waals surface area contributed by atoms with Crippen molar-refractivity contribution in [1.29, 1.82) is 0 Å². The summed E-state index contributed by atoms with van der Waals surface area (Å²) in [6, 6.07) is 7.10. The Morgan fingerprint density at radius 1 is 1.00 bits per heavy atom. The smallest absolute Gasteiger partial charge is 0.178 e. The Morgan fingerprint density at radius 2 is 1.59 bits per heavy atom. The van der Waals surface area contributed by atoms with Crippen LogP contribution in [-0.4, -0.2) is 27.4 Å². The Morgan fingerprint density at radius 3 is 2.23 bits per heavy atom. The first-order valence-corrected chi connectivity index (χ1v) is 9.69. The van der Waals surface area contributed by atoms with E-state index in [9.17, 15) is 8.42 Å². The summed E-state index contributed by atoms with van der Waals surface area (Å²) >= 11 is 0. The predicted octanol–water partition coefficient (Wildman–Crippen LogP) is 4.31. The zero-order valence-electron chi connectivity index (χ0n) is 13.6. The Bertz CT molecular complexity index is 518. The molecule has 1 aromatic rings. The van der Waals surface area contributed by atoms with E-state index in [4.69, 9.17) is 4.74 Å². The molecule has 22 heavy (non-hydrogen) atoms. The maximum atomic E-state index is 12.2. The molecule has 124 valence electrons. The number of hydrogen-bond donors (Lipinski definition) is 0. The van der Waals surface area contributed by atoms with E-state index in [0.29, 0.717) is 11.5 Å². The second kappa shape index (κ2) is 10.6. The first-order valence-electron chi connectivity index (χ1n) is 8.04. The van der Waals surface area contributed by atoms with Gasteiger partial charge in [-0.15, -0.1) is 6.58 Å². The average Bonchev–Trinajstić information content (AvgIpc) is 2.49. The van der Waals surface area contributed by atoms with Crippen LogP contribution in [0.1, 0.15) is 44.1 Å². The van der Waals surface area contributed by atoms with E-state index in [1.165, 1.54) is 0 Å². The van der Waals surface area contributed by atoms with Gasteiger partial charge in [-0.05, 0) is 31.9 Å². The molecule has 0 radical (unpaired) electrons. The molecule has 1 aromatic carbocycles. The minimum absolute atomic E-state index is 0.249. The Kier molecular flexibility index (Phi) is 9.09. The molecule has 0 aliphatic heterocycles. The van der Waals surface area contributed by atoms with Crippen LogP contribution in [-0.2, 0) is 14.6 Å². The van der Waals surface area contributed by atoms with Crippen molar-refractivity contribution in [3.63, 3.8) is 0 Å². The van der Waals surface area contributed by atoms with Crippen LogP contribution < -0.4 is 0 Å². The van der Waals surface area contributed by atoms with Crippen molar-refractivity contribution >= 4 is 9.84 Å². The molecule has 4 heteroatoms. The first kappa shape index (κ1) is 18.9. The third-order valence-corrected chi connectivity index (χ3v) is 5.38. The lowest BCUT2D eigenvalue weighted by atomic mass is 10.1. The molecule has 0 bridgehead atoms. The monoisotopic (exact) mass is 324 g/mol. The van der Waals surface area contributed by atoms with E-state index in [1.807, 2.05) is 19.1 Å². The fourth-order valence-electron chi connectivity index (χ4n) is 2.23. The Balaban J connectivity index is 2.11. The molecule has 0 unspecified atom stereocenters. The van der Waals surface area contributed by atoms with Gasteiger partial charge in [-0.3, -0.25) is 0 Å². The quantitative estimate of drug-likeness (QED) is 0.425. The SMILES string of the molecule is C=CCOCCCCCCCCS(=O)(=O)c1ccc(C)cc1. The highest BCUT2D eigenvalue weighted by Gasteiger charge is 2.13. The van der Waals surface area contributed by atoms with Crippen LogP contribution in [0.15, 0.2) is 41.8 Å². The molecule has 0 saturated heterocycles. The summed E-state index contributed by atoms with van der Waals surface area (Å²) in [7, 11) is -3.11. The second-order valence-electron chi connectivity index (χ2n) is 5.62. The number of benzene rings is 1. The van der Waals surface area contributed by atoms with Crippen molar-refractivity contribution in [3.05, 3.63) is 42.5 Å². The third-order valence-electron chi connectivity index (χ3n) is 3.57. The zero-order valence-corrected chi connectivity index (χ0v) is 14.4. The molecule has 0 aliphatic carbocycles. The number of ether oxygens (including phenoxy) is 1. The van der Waals surface area contributed by atoms with Crippen LogP contribution in [0.5, 0.6) is 0 Å². The van der Waals surface area contributed by atoms with Gasteiger partial charge in [0.05, 0.1) is 17.3 Å². The van der Waals surface area contributed by atoms with Gasteiger partial charge in [0.25, 0.3) is 0 Å². The summed E-state index contributed by atoms with van der Waals surface area (Å²) in [5.74, 6) is 0.249. The molecule has 0 amide bonds. The molecular formula is C18H28O3S. The average molecular weight is 324 g/mol. The highest BCUT2D eigenvalue weighted by molar-refractivity contribution is 7.91. The van der Waals surface area contributed by atoms with E-state index in [2.05, 4.69) is 6.58 Å². The van der Waals surface area contributed by atoms with E-state index in [-0.39, 0.29) is 5.75 Å². The molecule has 0 fully saturated rings. The molecule has 1 rings (SSSR count). The highest BCUT2D eigenvalue weighted by atomic mass is 32.2. The van der Waals surface area contributed by atoms with Crippen molar-refractivity contribution < 1.29 is 13.2 Å². The van der Waals surface area contributed by atoms with Crippen LogP contribution in [0.25, 0.3) is 0 Å². The summed E-state index contributed by atoms with van der Waals surface area (Å²) in [6.45, 7) is 6.96. The highest BCUT2D eigenvalue weighted by Crippen LogP contribution is 2.15. The Hall–Kier alpha value is -1.13. The molecule has 0 N–H and O–H groups in total. The van der Waals surface area contributed by atoms with E-state index < -0.39 is 9.84 Å². The topological polar surface area (TPSA) is 43.4 Å². The second-order valence-corrected chi connectivity index (χ2v) is 7.73. The molecule has 3 nitrogen and oxygen atoms in total. The van der Waals surface area contributed by atoms with Gasteiger partial charge >= 0.3 is 0 Å². The summed E-state index contributed by atoms with van der Waals surface area (Å²) < 4.78 is 29.6. The van der Waals surface area contributed by atoms with E-state index in [0.717, 1.165) is 50.7 Å². The number of aryl methyl sites for hydroxylation is 1. The molecule has 0 spiro atoms. The van der Waals surface area contributed by atoms with Crippen LogP contribution in [0.3, 0.4) is 0 Å². The van der Waals surface area contributed by atoms with Crippen LogP contribution in [0.2, 0.25) is 0 Å². The number of rotatable bonds is 12. The van der Waals surface area contributed by atoms with Gasteiger partial charge in [0.15, 0.2) is 9.84 Å². The number of hydrogen-bond acceptors (Lipinski definition) is 3. The molecule has 0 aromatic heterocycles. The summed E-state index contributed by atoms with van der Waals surface area (Å²) in [5, 5.41) is 0. The van der Waals surface area contributed by atoms with Gasteiger partial charge in [-0.25, -0.2) is 8.42 Å². The minimum atomic E-state index is -3.11. The molecule has 0 aliphatic rings. The standard InChI is InChI=1S/C18H28O3S/c1-3-14-21-15-8-6-4-5-7-9-16-22(19,20)18-12-10-17(2)11-13-18/h3,10-13H,1,4-9,14-16H2,2H3. The van der Waals surface area contributed by atoms with Gasteiger partial charge in [-0.1, -0.05) is 49.5 Å². The molecule has 0 saturated carbocycles. The van der Waals surface area contributed by atoms with Crippen molar-refractivity contribution in [1.82, 2.24) is 0 Å². The molecule has 0 atom stereocenters. The largest absolute Gasteiger partial charge is 0.377 e. The first-order chi connectivity index (χ1) is 10.6. The van der Waals surface area contributed by atoms with Gasteiger partial charge in [0.1, 0.15) is 0 Å². The van der Waals surface area contributed by atoms with Crippen molar-refractivity contribution in [2.24, 2.45) is 0 Å². The third kappa shape index (κ3) is 7.76. The van der Waals surface area contributed by atoms with E-state index in [1.54, 1.807) is 18.2 Å². The minimum Gasteiger partial charge on any atom is -0.377 e. The van der Waals surface area contributed by atoms with Crippen LogP contribution >= 0.6 is 0 Å².